The molecule has 6 heteroatoms. The number of fused-ring (bicyclic) bond motifs is 1. The number of halogens is 1. The van der Waals surface area contributed by atoms with Crippen LogP contribution in [0.2, 0.25) is 0 Å². The smallest absolute Gasteiger partial charge is 0.187 e. The molecule has 0 saturated carbocycles. The Morgan fingerprint density at radius 2 is 1.83 bits per heavy atom. The minimum Gasteiger partial charge on any atom is -0.187 e. The van der Waals surface area contributed by atoms with Crippen LogP contribution in [0.15, 0.2) is 63.3 Å². The van der Waals surface area contributed by atoms with Crippen molar-refractivity contribution in [2.45, 2.75) is 12.1 Å². The Morgan fingerprint density at radius 3 is 2.61 bits per heavy atom. The Morgan fingerprint density at radius 1 is 1.04 bits per heavy atom. The van der Waals surface area contributed by atoms with Gasteiger partial charge in [0.25, 0.3) is 0 Å². The number of benzene rings is 2. The summed E-state index contributed by atoms with van der Waals surface area (Å²) in [5.74, 6) is 1.59. The molecule has 4 nitrogen and oxygen atoms in total. The van der Waals surface area contributed by atoms with Crippen LogP contribution in [0.4, 0.5) is 0 Å². The van der Waals surface area contributed by atoms with Crippen LogP contribution in [0.25, 0.3) is 11.4 Å². The van der Waals surface area contributed by atoms with Gasteiger partial charge in [0.1, 0.15) is 0 Å². The van der Waals surface area contributed by atoms with Crippen LogP contribution in [0, 0.1) is 6.92 Å². The Kier molecular flexibility index (Phi) is 3.79. The van der Waals surface area contributed by atoms with Crippen molar-refractivity contribution in [3.63, 3.8) is 0 Å². The molecule has 0 amide bonds. The van der Waals surface area contributed by atoms with Gasteiger partial charge < -0.3 is 0 Å². The van der Waals surface area contributed by atoms with E-state index in [1.807, 2.05) is 28.9 Å². The summed E-state index contributed by atoms with van der Waals surface area (Å²) in [6, 6.07) is 16.4. The largest absolute Gasteiger partial charge is 0.212 e. The number of aryl methyl sites for hydroxylation is 1. The molecule has 2 aromatic carbocycles. The third kappa shape index (κ3) is 2.72. The van der Waals surface area contributed by atoms with Crippen molar-refractivity contribution in [1.29, 1.82) is 0 Å². The minimum atomic E-state index is 0.792. The van der Waals surface area contributed by atoms with E-state index in [9.17, 15) is 0 Å². The minimum absolute atomic E-state index is 0.792. The van der Waals surface area contributed by atoms with Crippen LogP contribution < -0.4 is 0 Å². The highest BCUT2D eigenvalue weighted by atomic mass is 79.9. The number of aromatic nitrogens is 3. The Bertz CT molecular complexity index is 899. The van der Waals surface area contributed by atoms with E-state index in [1.165, 1.54) is 5.56 Å². The molecule has 0 radical (unpaired) electrons. The average Bonchev–Trinajstić information content (AvgIpc) is 2.99. The number of hydrogen-bond acceptors (Lipinski definition) is 4. The van der Waals surface area contributed by atoms with Crippen LogP contribution in [-0.4, -0.2) is 26.3 Å². The van der Waals surface area contributed by atoms with Crippen LogP contribution in [-0.2, 0) is 0 Å². The summed E-state index contributed by atoms with van der Waals surface area (Å²) < 4.78 is 2.92. The summed E-state index contributed by atoms with van der Waals surface area (Å²) >= 11 is 5.13. The molecule has 3 aromatic rings. The zero-order chi connectivity index (χ0) is 15.8. The molecule has 4 rings (SSSR count). The van der Waals surface area contributed by atoms with E-state index in [4.69, 9.17) is 5.10 Å². The topological polar surface area (TPSA) is 43.1 Å². The first-order valence-electron chi connectivity index (χ1n) is 7.20. The van der Waals surface area contributed by atoms with E-state index in [-0.39, 0.29) is 0 Å². The van der Waals surface area contributed by atoms with Gasteiger partial charge in [0.05, 0.1) is 5.71 Å². The summed E-state index contributed by atoms with van der Waals surface area (Å²) in [6.07, 6.45) is 0. The van der Waals surface area contributed by atoms with Gasteiger partial charge in [0.15, 0.2) is 5.82 Å². The van der Waals surface area contributed by atoms with Gasteiger partial charge in [-0.1, -0.05) is 64.1 Å². The second kappa shape index (κ2) is 5.94. The maximum absolute atomic E-state index is 4.79. The van der Waals surface area contributed by atoms with Gasteiger partial charge in [-0.2, -0.15) is 9.78 Å². The molecule has 0 fully saturated rings. The van der Waals surface area contributed by atoms with E-state index in [2.05, 4.69) is 57.3 Å². The van der Waals surface area contributed by atoms with E-state index in [0.29, 0.717) is 0 Å². The van der Waals surface area contributed by atoms with Crippen molar-refractivity contribution in [2.24, 2.45) is 5.10 Å². The zero-order valence-electron chi connectivity index (χ0n) is 12.4. The van der Waals surface area contributed by atoms with Crippen molar-refractivity contribution in [3.05, 3.63) is 64.1 Å². The number of hydrogen-bond donors (Lipinski definition) is 0. The van der Waals surface area contributed by atoms with Crippen LogP contribution in [0.5, 0.6) is 0 Å². The van der Waals surface area contributed by atoms with Crippen LogP contribution >= 0.6 is 27.7 Å². The predicted molar refractivity (Wildman–Crippen MR) is 97.0 cm³/mol. The average molecular weight is 385 g/mol. The van der Waals surface area contributed by atoms with Crippen molar-refractivity contribution in [1.82, 2.24) is 14.9 Å². The van der Waals surface area contributed by atoms with E-state index >= 15 is 0 Å². The molecule has 0 aliphatic carbocycles. The summed E-state index contributed by atoms with van der Waals surface area (Å²) in [4.78, 5) is 0. The summed E-state index contributed by atoms with van der Waals surface area (Å²) in [7, 11) is 0. The van der Waals surface area contributed by atoms with Gasteiger partial charge in [0, 0.05) is 15.8 Å². The monoisotopic (exact) mass is 384 g/mol. The van der Waals surface area contributed by atoms with Gasteiger partial charge in [-0.05, 0) is 30.2 Å². The Hall–Kier alpha value is -1.92. The molecule has 0 N–H and O–H groups in total. The molecule has 0 atom stereocenters. The van der Waals surface area contributed by atoms with Gasteiger partial charge >= 0.3 is 0 Å². The maximum Gasteiger partial charge on any atom is 0.212 e. The summed E-state index contributed by atoms with van der Waals surface area (Å²) in [6.45, 7) is 2.08. The fourth-order valence-electron chi connectivity index (χ4n) is 2.50. The first kappa shape index (κ1) is 14.7. The molecule has 1 aromatic heterocycles. The molecule has 2 heterocycles. The van der Waals surface area contributed by atoms with Gasteiger partial charge in [-0.25, -0.2) is 0 Å². The second-order valence-electron chi connectivity index (χ2n) is 5.28. The summed E-state index contributed by atoms with van der Waals surface area (Å²) in [5, 5.41) is 14.3. The quantitative estimate of drug-likeness (QED) is 0.658. The third-order valence-electron chi connectivity index (χ3n) is 3.73. The Labute approximate surface area is 146 Å². The third-order valence-corrected chi connectivity index (χ3v) is 5.19. The summed E-state index contributed by atoms with van der Waals surface area (Å²) in [5.41, 5.74) is 4.38. The normalized spacial score (nSPS) is 13.6. The second-order valence-corrected chi connectivity index (χ2v) is 7.13. The van der Waals surface area contributed by atoms with E-state index in [1.54, 1.807) is 11.8 Å². The lowest BCUT2D eigenvalue weighted by Crippen LogP contribution is -2.13. The van der Waals surface area contributed by atoms with Crippen molar-refractivity contribution < 1.29 is 0 Å². The van der Waals surface area contributed by atoms with Crippen molar-refractivity contribution >= 4 is 33.4 Å². The molecular weight excluding hydrogens is 372 g/mol. The van der Waals surface area contributed by atoms with Gasteiger partial charge in [0.2, 0.25) is 5.16 Å². The maximum atomic E-state index is 4.79. The molecule has 0 bridgehead atoms. The number of nitrogens with zero attached hydrogens (tertiary/aromatic N) is 4. The highest BCUT2D eigenvalue weighted by molar-refractivity contribution is 9.10. The highest BCUT2D eigenvalue weighted by Crippen LogP contribution is 2.29. The molecule has 1 aliphatic rings. The number of rotatable bonds is 2. The lowest BCUT2D eigenvalue weighted by molar-refractivity contribution is 0.762. The highest BCUT2D eigenvalue weighted by Gasteiger charge is 2.21. The predicted octanol–water partition coefficient (Wildman–Crippen LogP) is 4.37. The Balaban J connectivity index is 1.81. The lowest BCUT2D eigenvalue weighted by Gasteiger charge is -2.14. The first-order valence-corrected chi connectivity index (χ1v) is 8.98. The van der Waals surface area contributed by atoms with E-state index < -0.39 is 0 Å². The molecule has 0 saturated heterocycles. The van der Waals surface area contributed by atoms with Crippen LogP contribution in [0.1, 0.15) is 11.1 Å². The van der Waals surface area contributed by atoms with Crippen LogP contribution in [0.3, 0.4) is 0 Å². The van der Waals surface area contributed by atoms with Crippen molar-refractivity contribution in [3.8, 4) is 11.4 Å². The molecule has 0 unspecified atom stereocenters. The number of thioether (sulfide) groups is 1. The van der Waals surface area contributed by atoms with Gasteiger partial charge in [-0.3, -0.25) is 0 Å². The zero-order valence-corrected chi connectivity index (χ0v) is 14.8. The molecular formula is C17H13BrN4S. The molecule has 1 aliphatic heterocycles. The fourth-order valence-corrected chi connectivity index (χ4v) is 3.61. The first-order chi connectivity index (χ1) is 11.2. The molecule has 114 valence electrons. The lowest BCUT2D eigenvalue weighted by atomic mass is 10.1. The molecule has 23 heavy (non-hydrogen) atoms. The van der Waals surface area contributed by atoms with Crippen molar-refractivity contribution in [2.75, 3.05) is 5.75 Å². The van der Waals surface area contributed by atoms with Gasteiger partial charge in [-0.15, -0.1) is 10.2 Å². The molecule has 0 spiro atoms. The fraction of sp³-hybridized carbons (Fsp3) is 0.118. The van der Waals surface area contributed by atoms with E-state index in [0.717, 1.165) is 38.0 Å². The standard InChI is InChI=1S/C17H13BrN4S/c1-11-4-2-3-5-14(11)16-19-20-17-22(16)21-15(10-23-17)12-6-8-13(18)9-7-12/h2-9H,10H2,1H3. The SMILES string of the molecule is Cc1ccccc1-c1nnc2n1N=C(c1ccc(Br)cc1)CS2.